The smallest absolute Gasteiger partial charge is 0.101 e. The highest BCUT2D eigenvalue weighted by molar-refractivity contribution is 5.58. The van der Waals surface area contributed by atoms with Crippen molar-refractivity contribution >= 4 is 5.69 Å². The van der Waals surface area contributed by atoms with Gasteiger partial charge < -0.3 is 11.1 Å². The highest BCUT2D eigenvalue weighted by Crippen LogP contribution is 2.17. The highest BCUT2D eigenvalue weighted by Gasteiger charge is 2.02. The first kappa shape index (κ1) is 14.1. The van der Waals surface area contributed by atoms with E-state index in [2.05, 4.69) is 35.7 Å². The number of nitrogens with two attached hydrogens (primary N) is 1. The van der Waals surface area contributed by atoms with E-state index < -0.39 is 0 Å². The number of nitrogens with one attached hydrogen (secondary N) is 1. The summed E-state index contributed by atoms with van der Waals surface area (Å²) in [4.78, 5) is 0. The molecule has 2 aromatic carbocycles. The molecule has 2 aromatic rings. The van der Waals surface area contributed by atoms with Gasteiger partial charge in [-0.2, -0.15) is 5.26 Å². The molecule has 3 nitrogen and oxygen atoms in total. The van der Waals surface area contributed by atoms with Crippen molar-refractivity contribution in [1.82, 2.24) is 0 Å². The molecule has 0 unspecified atom stereocenters. The van der Waals surface area contributed by atoms with E-state index in [4.69, 9.17) is 11.0 Å². The molecule has 0 aromatic heterocycles. The van der Waals surface area contributed by atoms with E-state index in [1.165, 1.54) is 11.1 Å². The fraction of sp³-hybridized carbons (Fsp3) is 0.235. The van der Waals surface area contributed by atoms with Gasteiger partial charge in [0.1, 0.15) is 6.07 Å². The third-order valence-electron chi connectivity index (χ3n) is 3.23. The zero-order valence-corrected chi connectivity index (χ0v) is 11.7. The average molecular weight is 265 g/mol. The van der Waals surface area contributed by atoms with E-state index >= 15 is 0 Å². The van der Waals surface area contributed by atoms with Crippen LogP contribution in [0.5, 0.6) is 0 Å². The zero-order valence-electron chi connectivity index (χ0n) is 11.7. The molecule has 0 saturated carbocycles. The van der Waals surface area contributed by atoms with Gasteiger partial charge in [-0.1, -0.05) is 30.3 Å². The zero-order chi connectivity index (χ0) is 14.4. The molecule has 0 heterocycles. The predicted molar refractivity (Wildman–Crippen MR) is 82.4 cm³/mol. The molecule has 0 atom stereocenters. The third kappa shape index (κ3) is 3.59. The minimum atomic E-state index is 0.673. The monoisotopic (exact) mass is 265 g/mol. The van der Waals surface area contributed by atoms with Crippen molar-refractivity contribution in [3.63, 3.8) is 0 Å². The van der Waals surface area contributed by atoms with Crippen LogP contribution in [0.3, 0.4) is 0 Å². The molecule has 3 N–H and O–H groups in total. The Balaban J connectivity index is 2.03. The van der Waals surface area contributed by atoms with Crippen LogP contribution in [-0.4, -0.2) is 6.54 Å². The number of anilines is 1. The molecule has 0 radical (unpaired) electrons. The number of nitriles is 1. The van der Waals surface area contributed by atoms with Crippen molar-refractivity contribution in [3.8, 4) is 6.07 Å². The van der Waals surface area contributed by atoms with E-state index in [0.29, 0.717) is 18.7 Å². The fourth-order valence-electron chi connectivity index (χ4n) is 2.09. The summed E-state index contributed by atoms with van der Waals surface area (Å²) in [6, 6.07) is 16.5. The summed E-state index contributed by atoms with van der Waals surface area (Å²) < 4.78 is 0. The van der Waals surface area contributed by atoms with E-state index in [-0.39, 0.29) is 0 Å². The summed E-state index contributed by atoms with van der Waals surface area (Å²) in [6.07, 6.45) is 0.907. The van der Waals surface area contributed by atoms with E-state index in [1.54, 1.807) is 0 Å². The molecular formula is C17H19N3. The van der Waals surface area contributed by atoms with Gasteiger partial charge in [-0.15, -0.1) is 0 Å². The van der Waals surface area contributed by atoms with Crippen molar-refractivity contribution in [1.29, 1.82) is 5.26 Å². The summed E-state index contributed by atoms with van der Waals surface area (Å²) in [5.41, 5.74) is 10.6. The van der Waals surface area contributed by atoms with Crippen LogP contribution in [0.15, 0.2) is 42.5 Å². The molecule has 20 heavy (non-hydrogen) atoms. The fourth-order valence-corrected chi connectivity index (χ4v) is 2.09. The summed E-state index contributed by atoms with van der Waals surface area (Å²) >= 11 is 0. The Labute approximate surface area is 120 Å². The second-order valence-electron chi connectivity index (χ2n) is 4.87. The number of hydrogen-bond acceptors (Lipinski definition) is 3. The van der Waals surface area contributed by atoms with Crippen LogP contribution >= 0.6 is 0 Å². The Morgan fingerprint density at radius 1 is 1.10 bits per heavy atom. The van der Waals surface area contributed by atoms with Crippen LogP contribution in [0.25, 0.3) is 0 Å². The van der Waals surface area contributed by atoms with Gasteiger partial charge in [-0.3, -0.25) is 0 Å². The molecule has 0 amide bonds. The maximum absolute atomic E-state index is 9.13. The van der Waals surface area contributed by atoms with Crippen molar-refractivity contribution in [2.45, 2.75) is 19.9 Å². The summed E-state index contributed by atoms with van der Waals surface area (Å²) in [7, 11) is 0. The lowest BCUT2D eigenvalue weighted by molar-refractivity contribution is 0.966. The number of benzene rings is 2. The van der Waals surface area contributed by atoms with Gasteiger partial charge in [0.05, 0.1) is 11.3 Å². The minimum Gasteiger partial charge on any atom is -0.380 e. The number of hydrogen-bond donors (Lipinski definition) is 2. The third-order valence-corrected chi connectivity index (χ3v) is 3.23. The van der Waals surface area contributed by atoms with Crippen molar-refractivity contribution < 1.29 is 0 Å². The van der Waals surface area contributed by atoms with Crippen LogP contribution in [0.1, 0.15) is 22.3 Å². The first-order valence-corrected chi connectivity index (χ1v) is 6.75. The molecule has 0 bridgehead atoms. The molecule has 0 aliphatic heterocycles. The summed E-state index contributed by atoms with van der Waals surface area (Å²) in [5, 5.41) is 12.4. The average Bonchev–Trinajstić information content (AvgIpc) is 2.47. The molecule has 2 rings (SSSR count). The lowest BCUT2D eigenvalue weighted by Gasteiger charge is -2.09. The minimum absolute atomic E-state index is 0.673. The first-order valence-electron chi connectivity index (χ1n) is 6.75. The lowest BCUT2D eigenvalue weighted by Crippen LogP contribution is -2.04. The van der Waals surface area contributed by atoms with Gasteiger partial charge in [0, 0.05) is 6.54 Å². The molecule has 102 valence electrons. The Hall–Kier alpha value is -2.31. The van der Waals surface area contributed by atoms with Gasteiger partial charge in [0.15, 0.2) is 0 Å². The topological polar surface area (TPSA) is 61.8 Å². The van der Waals surface area contributed by atoms with Gasteiger partial charge in [0.2, 0.25) is 0 Å². The maximum atomic E-state index is 9.13. The van der Waals surface area contributed by atoms with Crippen molar-refractivity contribution in [2.75, 3.05) is 11.9 Å². The molecule has 0 spiro atoms. The highest BCUT2D eigenvalue weighted by atomic mass is 14.9. The van der Waals surface area contributed by atoms with Gasteiger partial charge in [0.25, 0.3) is 0 Å². The van der Waals surface area contributed by atoms with E-state index in [0.717, 1.165) is 17.7 Å². The largest absolute Gasteiger partial charge is 0.380 e. The standard InChI is InChI=1S/C17H19N3/c1-13-2-7-17(16(10-13)11-19)20-12-15-5-3-14(4-6-15)8-9-18/h2-7,10,20H,8-9,12,18H2,1H3. The van der Waals surface area contributed by atoms with Crippen LogP contribution in [-0.2, 0) is 13.0 Å². The molecule has 0 aliphatic carbocycles. The van der Waals surface area contributed by atoms with E-state index in [9.17, 15) is 0 Å². The quantitative estimate of drug-likeness (QED) is 0.873. The predicted octanol–water partition coefficient (Wildman–Crippen LogP) is 2.98. The molecule has 3 heteroatoms. The summed E-state index contributed by atoms with van der Waals surface area (Å²) in [5.74, 6) is 0. The Morgan fingerprint density at radius 3 is 2.45 bits per heavy atom. The van der Waals surface area contributed by atoms with Gasteiger partial charge in [-0.05, 0) is 48.7 Å². The summed E-state index contributed by atoms with van der Waals surface area (Å²) in [6.45, 7) is 3.37. The Morgan fingerprint density at radius 2 is 1.80 bits per heavy atom. The molecule has 0 aliphatic rings. The lowest BCUT2D eigenvalue weighted by atomic mass is 10.1. The van der Waals surface area contributed by atoms with Gasteiger partial charge in [-0.25, -0.2) is 0 Å². The van der Waals surface area contributed by atoms with Crippen LogP contribution in [0.2, 0.25) is 0 Å². The Kier molecular flexibility index (Phi) is 4.75. The van der Waals surface area contributed by atoms with E-state index in [1.807, 2.05) is 25.1 Å². The number of aryl methyl sites for hydroxylation is 1. The van der Waals surface area contributed by atoms with Crippen molar-refractivity contribution in [3.05, 3.63) is 64.7 Å². The maximum Gasteiger partial charge on any atom is 0.101 e. The van der Waals surface area contributed by atoms with Crippen LogP contribution in [0.4, 0.5) is 5.69 Å². The normalized spacial score (nSPS) is 10.1. The molecular weight excluding hydrogens is 246 g/mol. The van der Waals surface area contributed by atoms with Crippen LogP contribution < -0.4 is 11.1 Å². The SMILES string of the molecule is Cc1ccc(NCc2ccc(CCN)cc2)c(C#N)c1. The molecule has 0 saturated heterocycles. The number of nitrogens with zero attached hydrogens (tertiary/aromatic N) is 1. The van der Waals surface area contributed by atoms with Crippen molar-refractivity contribution in [2.24, 2.45) is 5.73 Å². The Bertz CT molecular complexity index is 609. The second kappa shape index (κ2) is 6.74. The van der Waals surface area contributed by atoms with Crippen LogP contribution in [0, 0.1) is 18.3 Å². The second-order valence-corrected chi connectivity index (χ2v) is 4.87. The number of rotatable bonds is 5. The van der Waals surface area contributed by atoms with Gasteiger partial charge >= 0.3 is 0 Å². The molecule has 0 fully saturated rings. The first-order chi connectivity index (χ1) is 9.72.